The molecule has 0 aromatic heterocycles. The van der Waals surface area contributed by atoms with Crippen molar-refractivity contribution in [2.75, 3.05) is 6.54 Å². The fourth-order valence-electron chi connectivity index (χ4n) is 1.95. The number of carbonyl (C=O) groups excluding carboxylic acids is 1. The molecule has 0 saturated carbocycles. The van der Waals surface area contributed by atoms with Crippen molar-refractivity contribution in [3.8, 4) is 0 Å². The highest BCUT2D eigenvalue weighted by Crippen LogP contribution is 2.25. The molecule has 2 nitrogen and oxygen atoms in total. The van der Waals surface area contributed by atoms with E-state index < -0.39 is 0 Å². The molecule has 15 heavy (non-hydrogen) atoms. The SMILES string of the molecule is O=C1C[C@H](c2ccc(CCl)cc2)CCN1. The highest BCUT2D eigenvalue weighted by Gasteiger charge is 2.20. The van der Waals surface area contributed by atoms with Crippen molar-refractivity contribution in [3.05, 3.63) is 35.4 Å². The molecular formula is C12H14ClNO. The lowest BCUT2D eigenvalue weighted by molar-refractivity contribution is -0.122. The molecule has 2 rings (SSSR count). The topological polar surface area (TPSA) is 29.1 Å². The van der Waals surface area contributed by atoms with E-state index >= 15 is 0 Å². The molecule has 1 fully saturated rings. The molecule has 1 N–H and O–H groups in total. The Morgan fingerprint density at radius 1 is 1.33 bits per heavy atom. The number of rotatable bonds is 2. The van der Waals surface area contributed by atoms with Crippen LogP contribution in [0.5, 0.6) is 0 Å². The summed E-state index contributed by atoms with van der Waals surface area (Å²) in [7, 11) is 0. The average molecular weight is 224 g/mol. The Bertz CT molecular complexity index is 347. The van der Waals surface area contributed by atoms with E-state index in [2.05, 4.69) is 17.4 Å². The van der Waals surface area contributed by atoms with E-state index in [1.54, 1.807) is 0 Å². The Hall–Kier alpha value is -1.02. The maximum atomic E-state index is 11.2. The molecule has 1 aromatic carbocycles. The molecular weight excluding hydrogens is 210 g/mol. The average Bonchev–Trinajstić information content (AvgIpc) is 2.29. The number of benzene rings is 1. The van der Waals surface area contributed by atoms with Gasteiger partial charge in [-0.1, -0.05) is 24.3 Å². The van der Waals surface area contributed by atoms with Crippen LogP contribution >= 0.6 is 11.6 Å². The van der Waals surface area contributed by atoms with Crippen LogP contribution < -0.4 is 5.32 Å². The van der Waals surface area contributed by atoms with Gasteiger partial charge in [-0.2, -0.15) is 0 Å². The molecule has 1 saturated heterocycles. The summed E-state index contributed by atoms with van der Waals surface area (Å²) in [6.45, 7) is 0.792. The summed E-state index contributed by atoms with van der Waals surface area (Å²) in [6, 6.07) is 8.24. The maximum absolute atomic E-state index is 11.2. The number of hydrogen-bond acceptors (Lipinski definition) is 1. The van der Waals surface area contributed by atoms with Gasteiger partial charge < -0.3 is 5.32 Å². The zero-order valence-corrected chi connectivity index (χ0v) is 9.26. The molecule has 0 radical (unpaired) electrons. The Morgan fingerprint density at radius 2 is 2.07 bits per heavy atom. The van der Waals surface area contributed by atoms with Gasteiger partial charge in [-0.15, -0.1) is 11.6 Å². The second kappa shape index (κ2) is 4.67. The van der Waals surface area contributed by atoms with Crippen LogP contribution in [0.2, 0.25) is 0 Å². The van der Waals surface area contributed by atoms with E-state index in [-0.39, 0.29) is 5.91 Å². The Balaban J connectivity index is 2.11. The van der Waals surface area contributed by atoms with Gasteiger partial charge in [0.05, 0.1) is 0 Å². The molecule has 0 aliphatic carbocycles. The summed E-state index contributed by atoms with van der Waals surface area (Å²) >= 11 is 5.72. The fourth-order valence-corrected chi connectivity index (χ4v) is 2.13. The first-order valence-electron chi connectivity index (χ1n) is 5.21. The van der Waals surface area contributed by atoms with Gasteiger partial charge in [0.1, 0.15) is 0 Å². The zero-order valence-electron chi connectivity index (χ0n) is 8.50. The normalized spacial score (nSPS) is 21.1. The number of nitrogens with one attached hydrogen (secondary N) is 1. The number of piperidine rings is 1. The lowest BCUT2D eigenvalue weighted by Gasteiger charge is -2.22. The molecule has 1 aliphatic heterocycles. The van der Waals surface area contributed by atoms with Gasteiger partial charge in [0.25, 0.3) is 0 Å². The molecule has 80 valence electrons. The molecule has 1 amide bonds. The first-order valence-corrected chi connectivity index (χ1v) is 5.74. The fraction of sp³-hybridized carbons (Fsp3) is 0.417. The molecule has 1 aromatic rings. The van der Waals surface area contributed by atoms with Gasteiger partial charge in [-0.05, 0) is 23.5 Å². The van der Waals surface area contributed by atoms with Gasteiger partial charge in [-0.3, -0.25) is 4.79 Å². The van der Waals surface area contributed by atoms with Crippen LogP contribution in [0.4, 0.5) is 0 Å². The number of carbonyl (C=O) groups is 1. The quantitative estimate of drug-likeness (QED) is 0.767. The number of hydrogen-bond donors (Lipinski definition) is 1. The second-order valence-corrected chi connectivity index (χ2v) is 4.18. The molecule has 0 bridgehead atoms. The predicted molar refractivity (Wildman–Crippen MR) is 61.0 cm³/mol. The van der Waals surface area contributed by atoms with Crippen LogP contribution in [0, 0.1) is 0 Å². The van der Waals surface area contributed by atoms with Gasteiger partial charge in [0.2, 0.25) is 5.91 Å². The molecule has 0 unspecified atom stereocenters. The summed E-state index contributed by atoms with van der Waals surface area (Å²) in [4.78, 5) is 11.2. The summed E-state index contributed by atoms with van der Waals surface area (Å²) < 4.78 is 0. The van der Waals surface area contributed by atoms with Gasteiger partial charge in [-0.25, -0.2) is 0 Å². The third-order valence-electron chi connectivity index (χ3n) is 2.85. The van der Waals surface area contributed by atoms with Gasteiger partial charge in [0, 0.05) is 18.8 Å². The van der Waals surface area contributed by atoms with E-state index in [1.807, 2.05) is 12.1 Å². The molecule has 1 atom stereocenters. The standard InChI is InChI=1S/C12H14ClNO/c13-8-9-1-3-10(4-2-9)11-5-6-14-12(15)7-11/h1-4,11H,5-8H2,(H,14,15)/t11-/m1/s1. The Labute approximate surface area is 94.6 Å². The van der Waals surface area contributed by atoms with E-state index in [0.29, 0.717) is 18.2 Å². The van der Waals surface area contributed by atoms with Crippen LogP contribution in [0.1, 0.15) is 29.9 Å². The summed E-state index contributed by atoms with van der Waals surface area (Å²) in [5.41, 5.74) is 2.37. The Morgan fingerprint density at radius 3 is 2.67 bits per heavy atom. The smallest absolute Gasteiger partial charge is 0.220 e. The van der Waals surface area contributed by atoms with Crippen LogP contribution in [0.25, 0.3) is 0 Å². The van der Waals surface area contributed by atoms with E-state index in [0.717, 1.165) is 18.5 Å². The van der Waals surface area contributed by atoms with E-state index in [4.69, 9.17) is 11.6 Å². The van der Waals surface area contributed by atoms with E-state index in [1.165, 1.54) is 5.56 Å². The highest BCUT2D eigenvalue weighted by atomic mass is 35.5. The summed E-state index contributed by atoms with van der Waals surface area (Å²) in [6.07, 6.45) is 1.65. The number of amides is 1. The summed E-state index contributed by atoms with van der Waals surface area (Å²) in [5, 5.41) is 2.84. The number of alkyl halides is 1. The van der Waals surface area contributed by atoms with Crippen molar-refractivity contribution in [3.63, 3.8) is 0 Å². The van der Waals surface area contributed by atoms with Crippen molar-refractivity contribution >= 4 is 17.5 Å². The maximum Gasteiger partial charge on any atom is 0.220 e. The van der Waals surface area contributed by atoms with Crippen LogP contribution in [-0.2, 0) is 10.7 Å². The van der Waals surface area contributed by atoms with Crippen LogP contribution in [0.3, 0.4) is 0 Å². The lowest BCUT2D eigenvalue weighted by Crippen LogP contribution is -2.32. The predicted octanol–water partition coefficient (Wildman–Crippen LogP) is 2.42. The zero-order chi connectivity index (χ0) is 10.7. The molecule has 1 heterocycles. The largest absolute Gasteiger partial charge is 0.356 e. The summed E-state index contributed by atoms with van der Waals surface area (Å²) in [5.74, 6) is 1.08. The third kappa shape index (κ3) is 2.51. The highest BCUT2D eigenvalue weighted by molar-refractivity contribution is 6.17. The first kappa shape index (κ1) is 10.5. The third-order valence-corrected chi connectivity index (χ3v) is 3.16. The molecule has 0 spiro atoms. The minimum absolute atomic E-state index is 0.160. The molecule has 1 aliphatic rings. The van der Waals surface area contributed by atoms with Crippen molar-refractivity contribution in [2.45, 2.75) is 24.6 Å². The minimum Gasteiger partial charge on any atom is -0.356 e. The monoisotopic (exact) mass is 223 g/mol. The Kier molecular flexibility index (Phi) is 3.27. The van der Waals surface area contributed by atoms with Gasteiger partial charge >= 0.3 is 0 Å². The van der Waals surface area contributed by atoms with Gasteiger partial charge in [0.15, 0.2) is 0 Å². The number of halogens is 1. The lowest BCUT2D eigenvalue weighted by atomic mass is 9.89. The van der Waals surface area contributed by atoms with Crippen LogP contribution in [-0.4, -0.2) is 12.5 Å². The van der Waals surface area contributed by atoms with Crippen LogP contribution in [0.15, 0.2) is 24.3 Å². The van der Waals surface area contributed by atoms with Crippen molar-refractivity contribution in [1.29, 1.82) is 0 Å². The first-order chi connectivity index (χ1) is 7.29. The van der Waals surface area contributed by atoms with Crippen molar-refractivity contribution < 1.29 is 4.79 Å². The van der Waals surface area contributed by atoms with E-state index in [9.17, 15) is 4.79 Å². The van der Waals surface area contributed by atoms with Crippen molar-refractivity contribution in [1.82, 2.24) is 5.32 Å². The minimum atomic E-state index is 0.160. The second-order valence-electron chi connectivity index (χ2n) is 3.91. The van der Waals surface area contributed by atoms with Crippen molar-refractivity contribution in [2.24, 2.45) is 0 Å². The molecule has 3 heteroatoms.